The Morgan fingerprint density at radius 2 is 2.18 bits per heavy atom. The number of aliphatic imine (C=N–C) groups is 1. The molecule has 2 aromatic rings. The van der Waals surface area contributed by atoms with Crippen LogP contribution in [0.2, 0.25) is 0 Å². The van der Waals surface area contributed by atoms with Crippen molar-refractivity contribution >= 4 is 17.9 Å². The van der Waals surface area contributed by atoms with E-state index >= 15 is 0 Å². The molecule has 7 heteroatoms. The summed E-state index contributed by atoms with van der Waals surface area (Å²) in [6, 6.07) is 6.24. The van der Waals surface area contributed by atoms with Gasteiger partial charge in [0.2, 0.25) is 0 Å². The molecule has 2 atom stereocenters. The highest BCUT2D eigenvalue weighted by molar-refractivity contribution is 6.03. The van der Waals surface area contributed by atoms with E-state index in [0.29, 0.717) is 11.5 Å². The maximum atomic E-state index is 13.1. The van der Waals surface area contributed by atoms with Gasteiger partial charge < -0.3 is 5.32 Å². The first kappa shape index (κ1) is 18.5. The molecule has 2 aliphatic rings. The summed E-state index contributed by atoms with van der Waals surface area (Å²) in [4.78, 5) is 16.8. The second-order valence-electron chi connectivity index (χ2n) is 7.47. The summed E-state index contributed by atoms with van der Waals surface area (Å²) < 4.78 is 27.5. The van der Waals surface area contributed by atoms with E-state index in [1.54, 1.807) is 6.07 Å². The van der Waals surface area contributed by atoms with Crippen LogP contribution >= 0.6 is 0 Å². The van der Waals surface area contributed by atoms with Gasteiger partial charge in [0.05, 0.1) is 0 Å². The number of carbonyl (C=O) groups is 1. The van der Waals surface area contributed by atoms with Gasteiger partial charge in [-0.15, -0.1) is 0 Å². The number of allylic oxidation sites excluding steroid dienone is 1. The van der Waals surface area contributed by atoms with Crippen LogP contribution in [0, 0.1) is 12.8 Å². The van der Waals surface area contributed by atoms with E-state index in [-0.39, 0.29) is 18.1 Å². The maximum Gasteiger partial charge on any atom is 0.272 e. The molecule has 2 heterocycles. The van der Waals surface area contributed by atoms with Crippen LogP contribution < -0.4 is 5.32 Å². The predicted molar refractivity (Wildman–Crippen MR) is 104 cm³/mol. The number of aryl methyl sites for hydroxylation is 2. The first-order valence-corrected chi connectivity index (χ1v) is 9.44. The van der Waals surface area contributed by atoms with E-state index in [2.05, 4.69) is 21.5 Å². The van der Waals surface area contributed by atoms with Gasteiger partial charge >= 0.3 is 0 Å². The highest BCUT2D eigenvalue weighted by Crippen LogP contribution is 2.52. The zero-order chi connectivity index (χ0) is 19.7. The quantitative estimate of drug-likeness (QED) is 0.794. The number of hydrogen-bond acceptors (Lipinski definition) is 3. The largest absolute Gasteiger partial charge is 0.305 e. The van der Waals surface area contributed by atoms with Crippen molar-refractivity contribution in [3.8, 4) is 0 Å². The monoisotopic (exact) mass is 384 g/mol. The molecule has 0 saturated heterocycles. The second-order valence-corrected chi connectivity index (χ2v) is 7.47. The van der Waals surface area contributed by atoms with E-state index in [1.165, 1.54) is 16.9 Å². The van der Waals surface area contributed by atoms with Crippen LogP contribution in [0.3, 0.4) is 0 Å². The van der Waals surface area contributed by atoms with Crippen LogP contribution in [-0.2, 0) is 6.42 Å². The summed E-state index contributed by atoms with van der Waals surface area (Å²) in [7, 11) is 0. The Hall–Kier alpha value is -2.83. The van der Waals surface area contributed by atoms with Crippen molar-refractivity contribution in [1.29, 1.82) is 0 Å². The van der Waals surface area contributed by atoms with Gasteiger partial charge in [-0.3, -0.25) is 14.5 Å². The van der Waals surface area contributed by atoms with Crippen molar-refractivity contribution in [2.24, 2.45) is 10.9 Å². The highest BCUT2D eigenvalue weighted by atomic mass is 19.3. The first-order chi connectivity index (χ1) is 13.4. The molecule has 4 rings (SSSR count). The summed E-state index contributed by atoms with van der Waals surface area (Å²) in [5, 5.41) is 6.75. The first-order valence-electron chi connectivity index (χ1n) is 9.44. The molecule has 0 radical (unpaired) electrons. The van der Waals surface area contributed by atoms with Crippen LogP contribution in [-0.4, -0.2) is 27.8 Å². The van der Waals surface area contributed by atoms with Crippen LogP contribution in [0.1, 0.15) is 46.8 Å². The Morgan fingerprint density at radius 1 is 1.36 bits per heavy atom. The second kappa shape index (κ2) is 7.30. The lowest BCUT2D eigenvalue weighted by molar-refractivity contribution is 0.0984. The molecule has 0 bridgehead atoms. The van der Waals surface area contributed by atoms with Crippen molar-refractivity contribution in [3.63, 3.8) is 0 Å². The lowest BCUT2D eigenvalue weighted by Crippen LogP contribution is -2.14. The van der Waals surface area contributed by atoms with E-state index in [1.807, 2.05) is 31.5 Å². The normalized spacial score (nSPS) is 22.2. The number of carbonyl (C=O) groups excluding carboxylic acids is 1. The van der Waals surface area contributed by atoms with Gasteiger partial charge in [0.15, 0.2) is 5.82 Å². The van der Waals surface area contributed by atoms with Crippen LogP contribution in [0.4, 0.5) is 14.6 Å². The lowest BCUT2D eigenvalue weighted by atomic mass is 9.93. The smallest absolute Gasteiger partial charge is 0.272 e. The molecule has 2 unspecified atom stereocenters. The number of rotatable bonds is 6. The number of hydrogen-bond donors (Lipinski definition) is 1. The Labute approximate surface area is 162 Å². The van der Waals surface area contributed by atoms with Crippen LogP contribution in [0.5, 0.6) is 0 Å². The van der Waals surface area contributed by atoms with Crippen molar-refractivity contribution in [2.45, 2.75) is 44.6 Å². The van der Waals surface area contributed by atoms with Crippen LogP contribution in [0.25, 0.3) is 0 Å². The average molecular weight is 384 g/mol. The summed E-state index contributed by atoms with van der Waals surface area (Å²) in [6.45, 7) is 2.03. The number of benzene rings is 1. The molecule has 1 aliphatic heterocycles. The lowest BCUT2D eigenvalue weighted by Gasteiger charge is -2.14. The fraction of sp³-hybridized carbons (Fsp3) is 0.381. The molecule has 1 fully saturated rings. The molecule has 1 N–H and O–H groups in total. The molecule has 1 amide bonds. The molecule has 0 spiro atoms. The van der Waals surface area contributed by atoms with Gasteiger partial charge in [-0.1, -0.05) is 12.1 Å². The van der Waals surface area contributed by atoms with Gasteiger partial charge in [0.25, 0.3) is 11.8 Å². The molecular formula is C21H22F2N4O. The summed E-state index contributed by atoms with van der Waals surface area (Å²) >= 11 is 0. The molecule has 1 aromatic carbocycles. The summed E-state index contributed by atoms with van der Waals surface area (Å²) in [5.41, 5.74) is 2.79. The summed E-state index contributed by atoms with van der Waals surface area (Å²) in [5.74, 6) is -2.29. The molecule has 5 nitrogen and oxygen atoms in total. The Balaban J connectivity index is 1.40. The number of aromatic nitrogens is 2. The van der Waals surface area contributed by atoms with E-state index in [0.717, 1.165) is 30.4 Å². The van der Waals surface area contributed by atoms with Gasteiger partial charge in [0, 0.05) is 36.7 Å². The van der Waals surface area contributed by atoms with Gasteiger partial charge in [0.1, 0.15) is 6.04 Å². The summed E-state index contributed by atoms with van der Waals surface area (Å²) in [6.07, 6.45) is 9.96. The van der Waals surface area contributed by atoms with Crippen molar-refractivity contribution in [3.05, 3.63) is 59.4 Å². The number of nitrogens with one attached hydrogen (secondary N) is 1. The zero-order valence-corrected chi connectivity index (χ0v) is 15.6. The number of halogens is 2. The number of amides is 1. The minimum absolute atomic E-state index is 0.203. The fourth-order valence-electron chi connectivity index (χ4n) is 3.40. The molecular weight excluding hydrogens is 362 g/mol. The number of anilines is 1. The van der Waals surface area contributed by atoms with Gasteiger partial charge in [-0.25, -0.2) is 8.78 Å². The number of nitrogens with zero attached hydrogens (tertiary/aromatic N) is 3. The zero-order valence-electron chi connectivity index (χ0n) is 15.6. The third kappa shape index (κ3) is 4.03. The number of alkyl halides is 2. The molecule has 146 valence electrons. The van der Waals surface area contributed by atoms with Gasteiger partial charge in [-0.2, -0.15) is 5.10 Å². The van der Waals surface area contributed by atoms with Crippen molar-refractivity contribution in [2.75, 3.05) is 5.32 Å². The maximum absolute atomic E-state index is 13.1. The Kier molecular flexibility index (Phi) is 4.83. The fourth-order valence-corrected chi connectivity index (χ4v) is 3.40. The minimum atomic E-state index is -2.70. The van der Waals surface area contributed by atoms with Gasteiger partial charge in [-0.05, 0) is 55.4 Å². The minimum Gasteiger partial charge on any atom is -0.305 e. The average Bonchev–Trinajstić information content (AvgIpc) is 3.09. The van der Waals surface area contributed by atoms with E-state index < -0.39 is 12.0 Å². The molecule has 1 aromatic heterocycles. The standard InChI is InChI=1S/C21H22F2N4O/c1-14-4-6-17(11-16(14)7-5-15-3-2-9-24-13-15)20(28)25-19-8-10-27(26-19)18-12-21(18,22)23/h2,4,6,8-11,13,15,18H,3,5,7,12H2,1H3,(H,25,26,28). The molecule has 1 aliphatic carbocycles. The topological polar surface area (TPSA) is 59.3 Å². The Bertz CT molecular complexity index is 948. The van der Waals surface area contributed by atoms with E-state index in [4.69, 9.17) is 0 Å². The predicted octanol–water partition coefficient (Wildman–Crippen LogP) is 4.56. The van der Waals surface area contributed by atoms with Crippen molar-refractivity contribution < 1.29 is 13.6 Å². The van der Waals surface area contributed by atoms with E-state index in [9.17, 15) is 13.6 Å². The van der Waals surface area contributed by atoms with Crippen LogP contribution in [0.15, 0.2) is 47.7 Å². The Morgan fingerprint density at radius 3 is 2.89 bits per heavy atom. The van der Waals surface area contributed by atoms with Crippen molar-refractivity contribution in [1.82, 2.24) is 9.78 Å². The third-order valence-corrected chi connectivity index (χ3v) is 5.29. The molecule has 28 heavy (non-hydrogen) atoms. The third-order valence-electron chi connectivity index (χ3n) is 5.29. The SMILES string of the molecule is Cc1ccc(C(=O)Nc2ccn(C3CC3(F)F)n2)cc1CCC1C=NC=CC1. The highest BCUT2D eigenvalue weighted by Gasteiger charge is 2.59. The molecule has 1 saturated carbocycles.